The van der Waals surface area contributed by atoms with Gasteiger partial charge in [-0.25, -0.2) is 13.4 Å². The maximum Gasteiger partial charge on any atom is 0.288 e. The van der Waals surface area contributed by atoms with E-state index in [4.69, 9.17) is 0 Å². The largest absolute Gasteiger partial charge is 0.339 e. The highest BCUT2D eigenvalue weighted by Gasteiger charge is 2.10. The van der Waals surface area contributed by atoms with Crippen LogP contribution in [0.2, 0.25) is 0 Å². The Morgan fingerprint density at radius 1 is 1.30 bits per heavy atom. The van der Waals surface area contributed by atoms with Crippen LogP contribution < -0.4 is 5.32 Å². The van der Waals surface area contributed by atoms with Gasteiger partial charge in [0, 0.05) is 18.0 Å². The molecule has 0 aliphatic rings. The fourth-order valence-corrected chi connectivity index (χ4v) is 2.86. The van der Waals surface area contributed by atoms with Crippen LogP contribution in [0.5, 0.6) is 0 Å². The Morgan fingerprint density at radius 2 is 1.96 bits per heavy atom. The van der Waals surface area contributed by atoms with E-state index in [1.807, 2.05) is 12.1 Å². The molecule has 9 heteroatoms. The molecule has 1 aromatic carbocycles. The number of aryl methyl sites for hydroxylation is 1. The minimum Gasteiger partial charge on any atom is -0.339 e. The number of hydrogen-bond acceptors (Lipinski definition) is 6. The molecule has 0 atom stereocenters. The Labute approximate surface area is 141 Å². The molecule has 7 nitrogen and oxygen atoms in total. The Hall–Kier alpha value is -2.00. The molecule has 0 fully saturated rings. The monoisotopic (exact) mass is 399 g/mol. The second kappa shape index (κ2) is 7.05. The van der Waals surface area contributed by atoms with Crippen molar-refractivity contribution in [2.75, 3.05) is 17.3 Å². The quantitative estimate of drug-likeness (QED) is 0.591. The predicted octanol–water partition coefficient (Wildman–Crippen LogP) is 3.08. The van der Waals surface area contributed by atoms with Gasteiger partial charge in [-0.1, -0.05) is 12.1 Å². The van der Waals surface area contributed by atoms with Crippen LogP contribution in [0, 0.1) is 10.1 Å². The maximum atomic E-state index is 11.2. The Kier molecular flexibility index (Phi) is 5.32. The van der Waals surface area contributed by atoms with Gasteiger partial charge in [-0.15, -0.1) is 0 Å². The van der Waals surface area contributed by atoms with E-state index >= 15 is 0 Å². The van der Waals surface area contributed by atoms with Crippen LogP contribution in [-0.4, -0.2) is 30.3 Å². The van der Waals surface area contributed by atoms with E-state index in [-0.39, 0.29) is 11.4 Å². The molecular weight excluding hydrogens is 386 g/mol. The summed E-state index contributed by atoms with van der Waals surface area (Å²) in [5.74, 6) is 0.564. The number of rotatable bonds is 6. The predicted molar refractivity (Wildman–Crippen MR) is 91.7 cm³/mol. The number of nitro groups is 1. The molecule has 0 bridgehead atoms. The van der Waals surface area contributed by atoms with Gasteiger partial charge in [-0.3, -0.25) is 10.1 Å². The number of sulfone groups is 1. The molecule has 0 aliphatic heterocycles. The Morgan fingerprint density at radius 3 is 2.48 bits per heavy atom. The van der Waals surface area contributed by atoms with Crippen LogP contribution in [0.1, 0.15) is 5.56 Å². The van der Waals surface area contributed by atoms with Gasteiger partial charge in [0.25, 0.3) is 5.69 Å². The third kappa shape index (κ3) is 5.29. The van der Waals surface area contributed by atoms with Gasteiger partial charge in [0.05, 0.1) is 15.1 Å². The van der Waals surface area contributed by atoms with E-state index in [1.165, 1.54) is 18.5 Å². The first-order chi connectivity index (χ1) is 10.7. The standard InChI is InChI=1S/C14H14BrN3O4S/c1-23(21,22)7-6-10-2-4-11(5-3-10)17-14-13(15)8-12(9-16-14)18(19)20/h2-5,8-9H,6-7H2,1H3,(H,16,17). The highest BCUT2D eigenvalue weighted by atomic mass is 79.9. The van der Waals surface area contributed by atoms with E-state index in [2.05, 4.69) is 26.2 Å². The molecule has 0 saturated heterocycles. The Bertz CT molecular complexity index is 822. The lowest BCUT2D eigenvalue weighted by molar-refractivity contribution is -0.385. The third-order valence-electron chi connectivity index (χ3n) is 3.02. The summed E-state index contributed by atoms with van der Waals surface area (Å²) in [6.07, 6.45) is 2.84. The third-order valence-corrected chi connectivity index (χ3v) is 4.57. The lowest BCUT2D eigenvalue weighted by Gasteiger charge is -2.08. The number of nitrogens with zero attached hydrogens (tertiary/aromatic N) is 2. The van der Waals surface area contributed by atoms with Crippen molar-refractivity contribution in [1.29, 1.82) is 0 Å². The summed E-state index contributed by atoms with van der Waals surface area (Å²) < 4.78 is 22.8. The fourth-order valence-electron chi connectivity index (χ4n) is 1.81. The van der Waals surface area contributed by atoms with Gasteiger partial charge in [0.2, 0.25) is 0 Å². The number of hydrogen-bond donors (Lipinski definition) is 1. The van der Waals surface area contributed by atoms with Gasteiger partial charge in [0.1, 0.15) is 21.9 Å². The summed E-state index contributed by atoms with van der Waals surface area (Å²) in [4.78, 5) is 14.2. The number of halogens is 1. The van der Waals surface area contributed by atoms with Crippen molar-refractivity contribution >= 4 is 43.0 Å². The van der Waals surface area contributed by atoms with Gasteiger partial charge in [-0.05, 0) is 40.0 Å². The summed E-state index contributed by atoms with van der Waals surface area (Å²) in [6.45, 7) is 0. The SMILES string of the molecule is CS(=O)(=O)CCc1ccc(Nc2ncc([N+](=O)[O-])cc2Br)cc1. The molecular formula is C14H14BrN3O4S. The number of pyridine rings is 1. The van der Waals surface area contributed by atoms with Crippen molar-refractivity contribution in [2.45, 2.75) is 6.42 Å². The molecule has 0 unspecified atom stereocenters. The molecule has 0 saturated carbocycles. The molecule has 122 valence electrons. The highest BCUT2D eigenvalue weighted by Crippen LogP contribution is 2.27. The second-order valence-corrected chi connectivity index (χ2v) is 8.10. The van der Waals surface area contributed by atoms with Crippen molar-refractivity contribution in [3.63, 3.8) is 0 Å². The van der Waals surface area contributed by atoms with Crippen molar-refractivity contribution in [3.8, 4) is 0 Å². The zero-order valence-corrected chi connectivity index (χ0v) is 14.6. The lowest BCUT2D eigenvalue weighted by atomic mass is 10.1. The van der Waals surface area contributed by atoms with Gasteiger partial charge >= 0.3 is 0 Å². The summed E-state index contributed by atoms with van der Waals surface area (Å²) in [5, 5.41) is 13.7. The van der Waals surface area contributed by atoms with E-state index in [0.29, 0.717) is 16.7 Å². The molecule has 2 rings (SSSR count). The molecule has 0 radical (unpaired) electrons. The molecule has 2 aromatic rings. The first-order valence-corrected chi connectivity index (χ1v) is 9.43. The van der Waals surface area contributed by atoms with E-state index < -0.39 is 14.8 Å². The van der Waals surface area contributed by atoms with E-state index in [1.54, 1.807) is 12.1 Å². The van der Waals surface area contributed by atoms with Crippen molar-refractivity contribution in [1.82, 2.24) is 4.98 Å². The first-order valence-electron chi connectivity index (χ1n) is 6.58. The van der Waals surface area contributed by atoms with Crippen molar-refractivity contribution < 1.29 is 13.3 Å². The molecule has 1 heterocycles. The molecule has 1 N–H and O–H groups in total. The maximum absolute atomic E-state index is 11.2. The van der Waals surface area contributed by atoms with Gasteiger partial charge in [-0.2, -0.15) is 0 Å². The smallest absolute Gasteiger partial charge is 0.288 e. The summed E-state index contributed by atoms with van der Waals surface area (Å²) in [5.41, 5.74) is 1.56. The van der Waals surface area contributed by atoms with E-state index in [0.717, 1.165) is 11.3 Å². The fraction of sp³-hybridized carbons (Fsp3) is 0.214. The van der Waals surface area contributed by atoms with Crippen molar-refractivity contribution in [2.24, 2.45) is 0 Å². The van der Waals surface area contributed by atoms with Crippen LogP contribution >= 0.6 is 15.9 Å². The lowest BCUT2D eigenvalue weighted by Crippen LogP contribution is -2.05. The molecule has 23 heavy (non-hydrogen) atoms. The normalized spacial score (nSPS) is 11.2. The van der Waals surface area contributed by atoms with E-state index in [9.17, 15) is 18.5 Å². The number of nitrogens with one attached hydrogen (secondary N) is 1. The topological polar surface area (TPSA) is 102 Å². The number of aromatic nitrogens is 1. The molecule has 1 aromatic heterocycles. The molecule has 0 aliphatic carbocycles. The highest BCUT2D eigenvalue weighted by molar-refractivity contribution is 9.10. The minimum absolute atomic E-state index is 0.0986. The minimum atomic E-state index is -2.98. The van der Waals surface area contributed by atoms with Crippen molar-refractivity contribution in [3.05, 3.63) is 56.7 Å². The average molecular weight is 400 g/mol. The van der Waals surface area contributed by atoms with Crippen LogP contribution in [-0.2, 0) is 16.3 Å². The summed E-state index contributed by atoms with van der Waals surface area (Å²) >= 11 is 3.24. The summed E-state index contributed by atoms with van der Waals surface area (Å²) in [6, 6.07) is 8.62. The second-order valence-electron chi connectivity index (χ2n) is 4.98. The van der Waals surface area contributed by atoms with Crippen LogP contribution in [0.3, 0.4) is 0 Å². The molecule has 0 spiro atoms. The van der Waals surface area contributed by atoms with Crippen LogP contribution in [0.4, 0.5) is 17.2 Å². The van der Waals surface area contributed by atoms with Crippen LogP contribution in [0.15, 0.2) is 41.0 Å². The number of anilines is 2. The zero-order valence-electron chi connectivity index (χ0n) is 12.2. The average Bonchev–Trinajstić information content (AvgIpc) is 2.47. The van der Waals surface area contributed by atoms with Gasteiger partial charge in [0.15, 0.2) is 0 Å². The molecule has 0 amide bonds. The zero-order chi connectivity index (χ0) is 17.0. The van der Waals surface area contributed by atoms with Gasteiger partial charge < -0.3 is 5.32 Å². The summed E-state index contributed by atoms with van der Waals surface area (Å²) in [7, 11) is -2.98. The van der Waals surface area contributed by atoms with Crippen LogP contribution in [0.25, 0.3) is 0 Å². The Balaban J connectivity index is 2.08. The number of benzene rings is 1. The first kappa shape index (κ1) is 17.4.